The van der Waals surface area contributed by atoms with E-state index in [0.717, 1.165) is 10.8 Å². The van der Waals surface area contributed by atoms with E-state index >= 15 is 0 Å². The zero-order chi connectivity index (χ0) is 7.49. The van der Waals surface area contributed by atoms with Crippen molar-refractivity contribution in [3.63, 3.8) is 0 Å². The van der Waals surface area contributed by atoms with E-state index in [-0.39, 0.29) is 5.75 Å². The fourth-order valence-corrected chi connectivity index (χ4v) is 2.09. The molecular formula is C4H10O3S2. The van der Waals surface area contributed by atoms with Crippen LogP contribution in [0.25, 0.3) is 0 Å². The first-order chi connectivity index (χ1) is 3.98. The molecule has 0 aliphatic carbocycles. The molecule has 3 nitrogen and oxygen atoms in total. The van der Waals surface area contributed by atoms with E-state index in [9.17, 15) is 8.42 Å². The number of hydrogen-bond acceptors (Lipinski definition) is 4. The molecule has 0 bridgehead atoms. The highest BCUT2D eigenvalue weighted by molar-refractivity contribution is 8.71. The van der Waals surface area contributed by atoms with Gasteiger partial charge in [0.15, 0.2) is 0 Å². The summed E-state index contributed by atoms with van der Waals surface area (Å²) in [6, 6.07) is 0. The first-order valence-electron chi connectivity index (χ1n) is 2.44. The third kappa shape index (κ3) is 4.74. The number of hydrogen-bond donors (Lipinski definition) is 1. The van der Waals surface area contributed by atoms with E-state index in [4.69, 9.17) is 5.11 Å². The van der Waals surface area contributed by atoms with Crippen molar-refractivity contribution in [2.24, 2.45) is 0 Å². The third-order valence-corrected chi connectivity index (χ3v) is 4.03. The van der Waals surface area contributed by atoms with Crippen molar-refractivity contribution in [3.05, 3.63) is 0 Å². The first kappa shape index (κ1) is 9.26. The molecule has 0 aromatic heterocycles. The second-order valence-corrected chi connectivity index (χ2v) is 6.05. The van der Waals surface area contributed by atoms with Crippen LogP contribution in [0.5, 0.6) is 0 Å². The van der Waals surface area contributed by atoms with E-state index in [1.165, 1.54) is 13.2 Å². The van der Waals surface area contributed by atoms with Gasteiger partial charge < -0.3 is 5.11 Å². The summed E-state index contributed by atoms with van der Waals surface area (Å²) in [5, 5.41) is 8.63. The molecule has 0 spiro atoms. The molecule has 9 heavy (non-hydrogen) atoms. The van der Waals surface area contributed by atoms with Crippen LogP contribution >= 0.6 is 10.8 Å². The van der Waals surface area contributed by atoms with Crippen molar-refractivity contribution in [1.29, 1.82) is 0 Å². The second kappa shape index (κ2) is 3.43. The molecule has 0 fully saturated rings. The standard InChI is InChI=1S/C4H10O3S2/c1-4(5)3-9(6,7)8-2/h4-5H,3H2,1-2H3. The minimum Gasteiger partial charge on any atom is -0.392 e. The Morgan fingerprint density at radius 3 is 2.22 bits per heavy atom. The smallest absolute Gasteiger partial charge is 0.203 e. The van der Waals surface area contributed by atoms with Gasteiger partial charge in [-0.1, -0.05) is 0 Å². The van der Waals surface area contributed by atoms with Gasteiger partial charge in [-0.05, 0) is 24.0 Å². The van der Waals surface area contributed by atoms with Gasteiger partial charge >= 0.3 is 0 Å². The van der Waals surface area contributed by atoms with Gasteiger partial charge in [-0.2, -0.15) is 0 Å². The molecule has 0 rings (SSSR count). The minimum atomic E-state index is -3.05. The number of rotatable bonds is 3. The minimum absolute atomic E-state index is 0.159. The van der Waals surface area contributed by atoms with Gasteiger partial charge in [0.2, 0.25) is 8.87 Å². The van der Waals surface area contributed by atoms with Crippen molar-refractivity contribution in [1.82, 2.24) is 0 Å². The maximum absolute atomic E-state index is 10.6. The van der Waals surface area contributed by atoms with E-state index in [0.29, 0.717) is 0 Å². The molecule has 0 radical (unpaired) electrons. The van der Waals surface area contributed by atoms with Crippen LogP contribution in [0.3, 0.4) is 0 Å². The van der Waals surface area contributed by atoms with Gasteiger partial charge in [0, 0.05) is 0 Å². The van der Waals surface area contributed by atoms with Gasteiger partial charge in [-0.3, -0.25) is 0 Å². The summed E-state index contributed by atoms with van der Waals surface area (Å²) in [6.45, 7) is 1.45. The first-order valence-corrected chi connectivity index (χ1v) is 5.83. The van der Waals surface area contributed by atoms with Crippen LogP contribution in [0.1, 0.15) is 6.92 Å². The predicted molar refractivity (Wildman–Crippen MR) is 39.0 cm³/mol. The number of aliphatic hydroxyl groups is 1. The maximum Gasteiger partial charge on any atom is 0.203 e. The van der Waals surface area contributed by atoms with Crippen LogP contribution in [0, 0.1) is 0 Å². The maximum atomic E-state index is 10.6. The Labute approximate surface area is 58.8 Å². The zero-order valence-corrected chi connectivity index (χ0v) is 7.00. The number of aliphatic hydroxyl groups excluding tert-OH is 1. The molecule has 1 unspecified atom stereocenters. The molecular weight excluding hydrogens is 160 g/mol. The van der Waals surface area contributed by atoms with Crippen molar-refractivity contribution in [2.75, 3.05) is 12.0 Å². The molecule has 0 aliphatic rings. The fraction of sp³-hybridized carbons (Fsp3) is 1.00. The monoisotopic (exact) mass is 170 g/mol. The van der Waals surface area contributed by atoms with E-state index in [1.807, 2.05) is 0 Å². The van der Waals surface area contributed by atoms with Crippen molar-refractivity contribution >= 4 is 19.7 Å². The molecule has 0 saturated heterocycles. The molecule has 5 heteroatoms. The fourth-order valence-electron chi connectivity index (χ4n) is 0.363. The highest BCUT2D eigenvalue weighted by atomic mass is 33.1. The Morgan fingerprint density at radius 2 is 2.11 bits per heavy atom. The molecule has 0 aromatic carbocycles. The highest BCUT2D eigenvalue weighted by Crippen LogP contribution is 2.08. The van der Waals surface area contributed by atoms with Gasteiger partial charge in [-0.15, -0.1) is 0 Å². The average Bonchev–Trinajstić information content (AvgIpc) is 1.63. The lowest BCUT2D eigenvalue weighted by Crippen LogP contribution is -2.13. The Kier molecular flexibility index (Phi) is 3.53. The summed E-state index contributed by atoms with van der Waals surface area (Å²) < 4.78 is 21.2. The van der Waals surface area contributed by atoms with E-state index < -0.39 is 15.0 Å². The normalized spacial score (nSPS) is 15.4. The molecule has 0 amide bonds. The van der Waals surface area contributed by atoms with Gasteiger partial charge in [-0.25, -0.2) is 8.42 Å². The average molecular weight is 170 g/mol. The van der Waals surface area contributed by atoms with Crippen LogP contribution < -0.4 is 0 Å². The van der Waals surface area contributed by atoms with Crippen LogP contribution in [-0.4, -0.2) is 31.6 Å². The van der Waals surface area contributed by atoms with Crippen LogP contribution in [0.4, 0.5) is 0 Å². The molecule has 0 aliphatic heterocycles. The van der Waals surface area contributed by atoms with Crippen LogP contribution in [-0.2, 0) is 8.87 Å². The van der Waals surface area contributed by atoms with E-state index in [1.54, 1.807) is 0 Å². The zero-order valence-electron chi connectivity index (χ0n) is 5.36. The molecule has 0 aromatic rings. The molecule has 1 atom stereocenters. The summed E-state index contributed by atoms with van der Waals surface area (Å²) in [7, 11) is -2.28. The predicted octanol–water partition coefficient (Wildman–Crippen LogP) is 0.0600. The van der Waals surface area contributed by atoms with Crippen molar-refractivity contribution < 1.29 is 13.5 Å². The quantitative estimate of drug-likeness (QED) is 0.608. The van der Waals surface area contributed by atoms with Crippen molar-refractivity contribution in [2.45, 2.75) is 13.0 Å². The Bertz CT molecular complexity index is 159. The SMILES string of the molecule is CSS(=O)(=O)CC(C)O. The molecule has 56 valence electrons. The highest BCUT2D eigenvalue weighted by Gasteiger charge is 2.10. The Morgan fingerprint density at radius 1 is 1.67 bits per heavy atom. The topological polar surface area (TPSA) is 54.4 Å². The van der Waals surface area contributed by atoms with Crippen molar-refractivity contribution in [3.8, 4) is 0 Å². The summed E-state index contributed by atoms with van der Waals surface area (Å²) in [5.41, 5.74) is 0. The summed E-state index contributed by atoms with van der Waals surface area (Å²) in [5.74, 6) is -0.159. The Hall–Kier alpha value is 0.260. The third-order valence-electron chi connectivity index (χ3n) is 0.699. The van der Waals surface area contributed by atoms with Crippen LogP contribution in [0.2, 0.25) is 0 Å². The van der Waals surface area contributed by atoms with Gasteiger partial charge in [0.05, 0.1) is 11.9 Å². The van der Waals surface area contributed by atoms with Gasteiger partial charge in [0.1, 0.15) is 0 Å². The Balaban J connectivity index is 3.90. The molecule has 0 heterocycles. The summed E-state index contributed by atoms with van der Waals surface area (Å²) in [4.78, 5) is 0. The van der Waals surface area contributed by atoms with Gasteiger partial charge in [0.25, 0.3) is 0 Å². The summed E-state index contributed by atoms with van der Waals surface area (Å²) in [6.07, 6.45) is 0.722. The van der Waals surface area contributed by atoms with Crippen LogP contribution in [0.15, 0.2) is 0 Å². The molecule has 1 N–H and O–H groups in total. The summed E-state index contributed by atoms with van der Waals surface area (Å²) >= 11 is 0. The van der Waals surface area contributed by atoms with E-state index in [2.05, 4.69) is 0 Å². The molecule has 0 saturated carbocycles. The lowest BCUT2D eigenvalue weighted by molar-refractivity contribution is 0.218. The lowest BCUT2D eigenvalue weighted by Gasteiger charge is -2.00. The second-order valence-electron chi connectivity index (χ2n) is 1.74. The largest absolute Gasteiger partial charge is 0.392 e. The lowest BCUT2D eigenvalue weighted by atomic mass is 10.5.